The Morgan fingerprint density at radius 2 is 2.00 bits per heavy atom. The van der Waals surface area contributed by atoms with Gasteiger partial charge < -0.3 is 9.64 Å². The summed E-state index contributed by atoms with van der Waals surface area (Å²) in [6, 6.07) is 8.15. The van der Waals surface area contributed by atoms with Crippen molar-refractivity contribution in [1.29, 1.82) is 0 Å². The summed E-state index contributed by atoms with van der Waals surface area (Å²) in [4.78, 5) is 26.5. The maximum Gasteiger partial charge on any atom is 0.319 e. The van der Waals surface area contributed by atoms with E-state index in [1.165, 1.54) is 5.56 Å². The summed E-state index contributed by atoms with van der Waals surface area (Å²) in [5.41, 5.74) is 1.28. The van der Waals surface area contributed by atoms with Crippen LogP contribution in [0.2, 0.25) is 0 Å². The Morgan fingerprint density at radius 1 is 1.29 bits per heavy atom. The van der Waals surface area contributed by atoms with Crippen LogP contribution in [-0.2, 0) is 20.7 Å². The Labute approximate surface area is 126 Å². The summed E-state index contributed by atoms with van der Waals surface area (Å²) in [6.07, 6.45) is 2.08. The molecule has 0 atom stereocenters. The van der Waals surface area contributed by atoms with E-state index in [0.717, 1.165) is 25.1 Å². The van der Waals surface area contributed by atoms with Crippen molar-refractivity contribution in [2.45, 2.75) is 33.6 Å². The zero-order valence-corrected chi connectivity index (χ0v) is 13.0. The number of anilines is 1. The van der Waals surface area contributed by atoms with Crippen molar-refractivity contribution in [3.05, 3.63) is 29.8 Å². The summed E-state index contributed by atoms with van der Waals surface area (Å²) in [5.74, 6) is -0.544. The molecular formula is C17H23NO3. The van der Waals surface area contributed by atoms with E-state index in [0.29, 0.717) is 6.61 Å². The first-order chi connectivity index (χ1) is 9.96. The molecule has 0 fully saturated rings. The Balaban J connectivity index is 2.12. The third-order valence-corrected chi connectivity index (χ3v) is 4.02. The van der Waals surface area contributed by atoms with Crippen LogP contribution >= 0.6 is 0 Å². The van der Waals surface area contributed by atoms with Gasteiger partial charge in [0.15, 0.2) is 5.78 Å². The van der Waals surface area contributed by atoms with E-state index in [2.05, 4.69) is 11.0 Å². The first-order valence-corrected chi connectivity index (χ1v) is 7.50. The Bertz CT molecular complexity index is 537. The normalized spacial score (nSPS) is 14.5. The smallest absolute Gasteiger partial charge is 0.319 e. The van der Waals surface area contributed by atoms with Crippen molar-refractivity contribution in [3.63, 3.8) is 0 Å². The molecule has 114 valence electrons. The average Bonchev–Trinajstić information content (AvgIpc) is 2.47. The van der Waals surface area contributed by atoms with Crippen LogP contribution in [0.25, 0.3) is 0 Å². The van der Waals surface area contributed by atoms with Crippen LogP contribution in [-0.4, -0.2) is 31.4 Å². The molecule has 0 aromatic heterocycles. The zero-order valence-electron chi connectivity index (χ0n) is 13.0. The standard InChI is InChI=1S/C17H23NO3/c1-4-21-16(20)17(2,3)15(19)12-18-11-7-9-13-8-5-6-10-14(13)18/h5-6,8,10H,4,7,9,11-12H2,1-3H3. The molecule has 1 aromatic carbocycles. The van der Waals surface area contributed by atoms with E-state index < -0.39 is 11.4 Å². The number of carbonyl (C=O) groups is 2. The lowest BCUT2D eigenvalue weighted by Crippen LogP contribution is -2.43. The average molecular weight is 289 g/mol. The van der Waals surface area contributed by atoms with Gasteiger partial charge in [0.05, 0.1) is 13.2 Å². The van der Waals surface area contributed by atoms with Crippen LogP contribution in [0.1, 0.15) is 32.8 Å². The topological polar surface area (TPSA) is 46.6 Å². The molecule has 0 aliphatic carbocycles. The zero-order chi connectivity index (χ0) is 15.5. The van der Waals surface area contributed by atoms with Crippen molar-refractivity contribution in [3.8, 4) is 0 Å². The number of rotatable bonds is 5. The van der Waals surface area contributed by atoms with Crippen molar-refractivity contribution < 1.29 is 14.3 Å². The summed E-state index contributed by atoms with van der Waals surface area (Å²) >= 11 is 0. The number of esters is 1. The molecule has 1 aromatic rings. The van der Waals surface area contributed by atoms with Gasteiger partial charge in [0, 0.05) is 12.2 Å². The van der Waals surface area contributed by atoms with E-state index in [-0.39, 0.29) is 12.3 Å². The minimum absolute atomic E-state index is 0.0994. The molecule has 4 heteroatoms. The molecule has 0 bridgehead atoms. The number of Topliss-reactive ketones (excluding diaryl/α,β-unsaturated/α-hetero) is 1. The molecule has 1 aliphatic rings. The van der Waals surface area contributed by atoms with Crippen molar-refractivity contribution >= 4 is 17.4 Å². The summed E-state index contributed by atoms with van der Waals surface area (Å²) in [5, 5.41) is 0. The minimum Gasteiger partial charge on any atom is -0.465 e. The number of fused-ring (bicyclic) bond motifs is 1. The van der Waals surface area contributed by atoms with Gasteiger partial charge in [-0.2, -0.15) is 0 Å². The van der Waals surface area contributed by atoms with Crippen molar-refractivity contribution in [2.75, 3.05) is 24.6 Å². The van der Waals surface area contributed by atoms with Crippen LogP contribution < -0.4 is 4.90 Å². The van der Waals surface area contributed by atoms with E-state index in [9.17, 15) is 9.59 Å². The van der Waals surface area contributed by atoms with Crippen LogP contribution in [0.15, 0.2) is 24.3 Å². The molecule has 1 aliphatic heterocycles. The monoisotopic (exact) mass is 289 g/mol. The highest BCUT2D eigenvalue weighted by Crippen LogP contribution is 2.28. The van der Waals surface area contributed by atoms with Gasteiger partial charge >= 0.3 is 5.97 Å². The van der Waals surface area contributed by atoms with Crippen LogP contribution in [0, 0.1) is 5.41 Å². The second-order valence-electron chi connectivity index (χ2n) is 5.92. The van der Waals surface area contributed by atoms with Gasteiger partial charge in [-0.15, -0.1) is 0 Å². The summed E-state index contributed by atoms with van der Waals surface area (Å²) in [7, 11) is 0. The third-order valence-electron chi connectivity index (χ3n) is 4.02. The van der Waals surface area contributed by atoms with Gasteiger partial charge in [-0.05, 0) is 45.2 Å². The fourth-order valence-electron chi connectivity index (χ4n) is 2.57. The molecule has 0 saturated heterocycles. The van der Waals surface area contributed by atoms with Crippen LogP contribution in [0.5, 0.6) is 0 Å². The lowest BCUT2D eigenvalue weighted by atomic mass is 9.87. The van der Waals surface area contributed by atoms with E-state index in [1.807, 2.05) is 18.2 Å². The SMILES string of the molecule is CCOC(=O)C(C)(C)C(=O)CN1CCCc2ccccc21. The van der Waals surface area contributed by atoms with E-state index in [4.69, 9.17) is 4.74 Å². The second-order valence-corrected chi connectivity index (χ2v) is 5.92. The highest BCUT2D eigenvalue weighted by molar-refractivity contribution is 6.04. The van der Waals surface area contributed by atoms with Gasteiger partial charge in [0.1, 0.15) is 5.41 Å². The highest BCUT2D eigenvalue weighted by atomic mass is 16.5. The number of para-hydroxylation sites is 1. The predicted molar refractivity (Wildman–Crippen MR) is 82.4 cm³/mol. The Morgan fingerprint density at radius 3 is 2.71 bits per heavy atom. The molecular weight excluding hydrogens is 266 g/mol. The Kier molecular flexibility index (Phi) is 4.66. The number of aryl methyl sites for hydroxylation is 1. The molecule has 2 rings (SSSR count). The quantitative estimate of drug-likeness (QED) is 0.617. The van der Waals surface area contributed by atoms with Gasteiger partial charge in [-0.3, -0.25) is 9.59 Å². The molecule has 0 unspecified atom stereocenters. The Hall–Kier alpha value is -1.84. The number of carbonyl (C=O) groups excluding carboxylic acids is 2. The molecule has 0 amide bonds. The van der Waals surface area contributed by atoms with Gasteiger partial charge in [0.25, 0.3) is 0 Å². The molecule has 0 spiro atoms. The highest BCUT2D eigenvalue weighted by Gasteiger charge is 2.38. The van der Waals surface area contributed by atoms with Crippen molar-refractivity contribution in [1.82, 2.24) is 0 Å². The number of ketones is 1. The predicted octanol–water partition coefficient (Wildman–Crippen LogP) is 2.60. The maximum atomic E-state index is 12.5. The molecule has 21 heavy (non-hydrogen) atoms. The molecule has 4 nitrogen and oxygen atoms in total. The fraction of sp³-hybridized carbons (Fsp3) is 0.529. The molecule has 0 saturated carbocycles. The number of ether oxygens (including phenoxy) is 1. The second kappa shape index (κ2) is 6.29. The number of hydrogen-bond donors (Lipinski definition) is 0. The van der Waals surface area contributed by atoms with E-state index >= 15 is 0 Å². The van der Waals surface area contributed by atoms with Crippen LogP contribution in [0.4, 0.5) is 5.69 Å². The van der Waals surface area contributed by atoms with Crippen LogP contribution in [0.3, 0.4) is 0 Å². The first kappa shape index (κ1) is 15.5. The molecule has 0 radical (unpaired) electrons. The van der Waals surface area contributed by atoms with Gasteiger partial charge in [-0.1, -0.05) is 18.2 Å². The lowest BCUT2D eigenvalue weighted by molar-refractivity contribution is -0.157. The summed E-state index contributed by atoms with van der Waals surface area (Å²) in [6.45, 7) is 6.43. The number of benzene rings is 1. The third kappa shape index (κ3) is 3.26. The molecule has 1 heterocycles. The number of nitrogens with zero attached hydrogens (tertiary/aromatic N) is 1. The minimum atomic E-state index is -1.09. The lowest BCUT2D eigenvalue weighted by Gasteiger charge is -2.32. The van der Waals surface area contributed by atoms with Gasteiger partial charge in [-0.25, -0.2) is 0 Å². The number of hydrogen-bond acceptors (Lipinski definition) is 4. The fourth-order valence-corrected chi connectivity index (χ4v) is 2.57. The molecule has 0 N–H and O–H groups in total. The summed E-state index contributed by atoms with van der Waals surface area (Å²) < 4.78 is 5.01. The van der Waals surface area contributed by atoms with E-state index in [1.54, 1.807) is 20.8 Å². The van der Waals surface area contributed by atoms with Crippen molar-refractivity contribution in [2.24, 2.45) is 5.41 Å². The first-order valence-electron chi connectivity index (χ1n) is 7.50. The maximum absolute atomic E-state index is 12.5. The largest absolute Gasteiger partial charge is 0.465 e. The van der Waals surface area contributed by atoms with Gasteiger partial charge in [0.2, 0.25) is 0 Å².